The minimum absolute atomic E-state index is 0.177. The molecule has 1 heterocycles. The second-order valence-electron chi connectivity index (χ2n) is 7.07. The molecule has 148 valence electrons. The lowest BCUT2D eigenvalue weighted by molar-refractivity contribution is -0.118. The van der Waals surface area contributed by atoms with E-state index in [2.05, 4.69) is 15.8 Å². The van der Waals surface area contributed by atoms with Crippen LogP contribution < -0.4 is 15.4 Å². The van der Waals surface area contributed by atoms with Gasteiger partial charge in [0.2, 0.25) is 11.8 Å². The largest absolute Gasteiger partial charge is 0.495 e. The first-order valence-electron chi connectivity index (χ1n) is 9.31. The highest BCUT2D eigenvalue weighted by Crippen LogP contribution is 2.49. The summed E-state index contributed by atoms with van der Waals surface area (Å²) < 4.78 is 10.8. The van der Waals surface area contributed by atoms with Crippen LogP contribution in [0, 0.1) is 0 Å². The standard InChI is InChI=1S/C22H21N3O4/c1-14(26)23-16-8-9-18(28-2)17(12-16)24-21(27)22(10-11-22)20-13-19(29-25-20)15-6-4-3-5-7-15/h3-9,12-13H,10-11H2,1-2H3,(H,23,26)(H,24,27). The smallest absolute Gasteiger partial charge is 0.236 e. The van der Waals surface area contributed by atoms with Crippen LogP contribution in [-0.2, 0) is 15.0 Å². The Bertz CT molecular complexity index is 1050. The van der Waals surface area contributed by atoms with Crippen LogP contribution in [0.25, 0.3) is 11.3 Å². The normalized spacial score (nSPS) is 14.1. The van der Waals surface area contributed by atoms with Crippen molar-refractivity contribution >= 4 is 23.2 Å². The fourth-order valence-corrected chi connectivity index (χ4v) is 3.29. The highest BCUT2D eigenvalue weighted by atomic mass is 16.5. The molecule has 29 heavy (non-hydrogen) atoms. The summed E-state index contributed by atoms with van der Waals surface area (Å²) in [6.07, 6.45) is 1.38. The molecule has 0 saturated heterocycles. The summed E-state index contributed by atoms with van der Waals surface area (Å²) >= 11 is 0. The summed E-state index contributed by atoms with van der Waals surface area (Å²) in [5.41, 5.74) is 1.87. The van der Waals surface area contributed by atoms with Gasteiger partial charge in [-0.1, -0.05) is 35.5 Å². The molecule has 1 aliphatic carbocycles. The lowest BCUT2D eigenvalue weighted by Crippen LogP contribution is -2.28. The zero-order valence-corrected chi connectivity index (χ0v) is 16.2. The molecule has 1 aromatic heterocycles. The van der Waals surface area contributed by atoms with Crippen molar-refractivity contribution in [3.63, 3.8) is 0 Å². The van der Waals surface area contributed by atoms with Crippen molar-refractivity contribution in [2.24, 2.45) is 0 Å². The Morgan fingerprint density at radius 2 is 1.83 bits per heavy atom. The van der Waals surface area contributed by atoms with Gasteiger partial charge in [0.05, 0.1) is 23.9 Å². The number of hydrogen-bond donors (Lipinski definition) is 2. The molecule has 3 aromatic rings. The Labute approximate surface area is 168 Å². The number of benzene rings is 2. The summed E-state index contributed by atoms with van der Waals surface area (Å²) in [6.45, 7) is 1.43. The maximum absolute atomic E-state index is 13.1. The summed E-state index contributed by atoms with van der Waals surface area (Å²) in [7, 11) is 1.53. The first-order valence-corrected chi connectivity index (χ1v) is 9.31. The molecular weight excluding hydrogens is 370 g/mol. The van der Waals surface area contributed by atoms with E-state index in [1.165, 1.54) is 14.0 Å². The van der Waals surface area contributed by atoms with Crippen LogP contribution in [-0.4, -0.2) is 24.1 Å². The molecule has 0 bridgehead atoms. The van der Waals surface area contributed by atoms with Crippen molar-refractivity contribution in [2.45, 2.75) is 25.2 Å². The van der Waals surface area contributed by atoms with Crippen molar-refractivity contribution in [1.82, 2.24) is 5.16 Å². The summed E-state index contributed by atoms with van der Waals surface area (Å²) in [5, 5.41) is 9.80. The van der Waals surface area contributed by atoms with Gasteiger partial charge in [-0.2, -0.15) is 0 Å². The zero-order valence-electron chi connectivity index (χ0n) is 16.2. The van der Waals surface area contributed by atoms with Crippen molar-refractivity contribution in [1.29, 1.82) is 0 Å². The number of aromatic nitrogens is 1. The third kappa shape index (κ3) is 3.71. The van der Waals surface area contributed by atoms with Crippen molar-refractivity contribution in [3.05, 3.63) is 60.3 Å². The number of hydrogen-bond acceptors (Lipinski definition) is 5. The summed E-state index contributed by atoms with van der Waals surface area (Å²) in [6, 6.07) is 16.6. The third-order valence-corrected chi connectivity index (χ3v) is 5.01. The van der Waals surface area contributed by atoms with E-state index in [0.29, 0.717) is 41.4 Å². The van der Waals surface area contributed by atoms with E-state index < -0.39 is 5.41 Å². The quantitative estimate of drug-likeness (QED) is 0.663. The molecule has 7 heteroatoms. The fraction of sp³-hybridized carbons (Fsp3) is 0.227. The second-order valence-corrected chi connectivity index (χ2v) is 7.07. The molecule has 1 saturated carbocycles. The Kier molecular flexibility index (Phi) is 4.80. The Balaban J connectivity index is 1.57. The number of nitrogens with one attached hydrogen (secondary N) is 2. The second kappa shape index (κ2) is 7.43. The molecule has 7 nitrogen and oxygen atoms in total. The van der Waals surface area contributed by atoms with Gasteiger partial charge in [0.25, 0.3) is 0 Å². The summed E-state index contributed by atoms with van der Waals surface area (Å²) in [4.78, 5) is 24.4. The molecule has 1 fully saturated rings. The van der Waals surface area contributed by atoms with Crippen molar-refractivity contribution < 1.29 is 18.8 Å². The van der Waals surface area contributed by atoms with Gasteiger partial charge in [0, 0.05) is 24.2 Å². The van der Waals surface area contributed by atoms with Crippen LogP contribution >= 0.6 is 0 Å². The van der Waals surface area contributed by atoms with Gasteiger partial charge < -0.3 is 19.9 Å². The predicted molar refractivity (Wildman–Crippen MR) is 109 cm³/mol. The Morgan fingerprint density at radius 1 is 1.07 bits per heavy atom. The number of ether oxygens (including phenoxy) is 1. The van der Waals surface area contributed by atoms with E-state index >= 15 is 0 Å². The topological polar surface area (TPSA) is 93.5 Å². The number of rotatable bonds is 6. The molecule has 0 atom stereocenters. The lowest BCUT2D eigenvalue weighted by atomic mass is 10.00. The Hall–Kier alpha value is -3.61. The molecule has 2 aromatic carbocycles. The van der Waals surface area contributed by atoms with Crippen LogP contribution in [0.3, 0.4) is 0 Å². The van der Waals surface area contributed by atoms with Gasteiger partial charge in [-0.25, -0.2) is 0 Å². The van der Waals surface area contributed by atoms with Gasteiger partial charge in [0.15, 0.2) is 5.76 Å². The number of carbonyl (C=O) groups excluding carboxylic acids is 2. The molecule has 4 rings (SSSR count). The SMILES string of the molecule is COc1ccc(NC(C)=O)cc1NC(=O)C1(c2cc(-c3ccccc3)on2)CC1. The van der Waals surface area contributed by atoms with Crippen LogP contribution in [0.5, 0.6) is 5.75 Å². The first-order chi connectivity index (χ1) is 14.0. The van der Waals surface area contributed by atoms with Gasteiger partial charge >= 0.3 is 0 Å². The number of carbonyl (C=O) groups is 2. The predicted octanol–water partition coefficient (Wildman–Crippen LogP) is 3.98. The molecule has 0 radical (unpaired) electrons. The molecule has 0 unspecified atom stereocenters. The average Bonchev–Trinajstić information content (AvgIpc) is 3.38. The average molecular weight is 391 g/mol. The van der Waals surface area contributed by atoms with Crippen LogP contribution in [0.1, 0.15) is 25.5 Å². The maximum atomic E-state index is 13.1. The highest BCUT2D eigenvalue weighted by Gasteiger charge is 2.54. The highest BCUT2D eigenvalue weighted by molar-refractivity contribution is 6.02. The van der Waals surface area contributed by atoms with Crippen molar-refractivity contribution in [2.75, 3.05) is 17.7 Å². The lowest BCUT2D eigenvalue weighted by Gasteiger charge is -2.16. The van der Waals surface area contributed by atoms with E-state index in [1.807, 2.05) is 36.4 Å². The molecule has 2 N–H and O–H groups in total. The van der Waals surface area contributed by atoms with E-state index in [-0.39, 0.29) is 11.8 Å². The molecule has 0 aliphatic heterocycles. The van der Waals surface area contributed by atoms with Crippen LogP contribution in [0.2, 0.25) is 0 Å². The molecule has 2 amide bonds. The van der Waals surface area contributed by atoms with Gasteiger partial charge in [-0.05, 0) is 31.0 Å². The van der Waals surface area contributed by atoms with Crippen LogP contribution in [0.4, 0.5) is 11.4 Å². The monoisotopic (exact) mass is 391 g/mol. The zero-order chi connectivity index (χ0) is 20.4. The number of methoxy groups -OCH3 is 1. The maximum Gasteiger partial charge on any atom is 0.236 e. The summed E-state index contributed by atoms with van der Waals surface area (Å²) in [5.74, 6) is 0.768. The Morgan fingerprint density at radius 3 is 2.48 bits per heavy atom. The molecule has 0 spiro atoms. The van der Waals surface area contributed by atoms with E-state index in [1.54, 1.807) is 18.2 Å². The minimum Gasteiger partial charge on any atom is -0.495 e. The van der Waals surface area contributed by atoms with E-state index in [4.69, 9.17) is 9.26 Å². The number of nitrogens with zero attached hydrogens (tertiary/aromatic N) is 1. The van der Waals surface area contributed by atoms with Crippen molar-refractivity contribution in [3.8, 4) is 17.1 Å². The number of amides is 2. The van der Waals surface area contributed by atoms with Gasteiger partial charge in [-0.15, -0.1) is 0 Å². The molecule has 1 aliphatic rings. The van der Waals surface area contributed by atoms with Gasteiger partial charge in [0.1, 0.15) is 5.75 Å². The van der Waals surface area contributed by atoms with Crippen LogP contribution in [0.15, 0.2) is 59.1 Å². The van der Waals surface area contributed by atoms with E-state index in [9.17, 15) is 9.59 Å². The number of anilines is 2. The fourth-order valence-electron chi connectivity index (χ4n) is 3.29. The first kappa shape index (κ1) is 18.7. The third-order valence-electron chi connectivity index (χ3n) is 5.01. The van der Waals surface area contributed by atoms with E-state index in [0.717, 1.165) is 5.56 Å². The van der Waals surface area contributed by atoms with Gasteiger partial charge in [-0.3, -0.25) is 9.59 Å². The minimum atomic E-state index is -0.717. The molecular formula is C22H21N3O4.